The Balaban J connectivity index is 2.83. The molecule has 0 aliphatic carbocycles. The summed E-state index contributed by atoms with van der Waals surface area (Å²) in [6, 6.07) is 9.97. The first-order valence-electron chi connectivity index (χ1n) is 3.29. The fourth-order valence-electron chi connectivity index (χ4n) is 0.994. The molecule has 0 spiro atoms. The van der Waals surface area contributed by atoms with E-state index in [0.717, 1.165) is 15.4 Å². The molecule has 0 aliphatic rings. The number of fused-ring (bicyclic) bond motifs is 1. The highest BCUT2D eigenvalue weighted by molar-refractivity contribution is 9.10. The maximum absolute atomic E-state index is 4.11. The van der Waals surface area contributed by atoms with E-state index >= 15 is 0 Å². The SMILES string of the molecule is Brc1[c]nc2ccccc2c1. The Kier molecular flexibility index (Phi) is 1.62. The molecule has 0 amide bonds. The minimum Gasteiger partial charge on any atom is -0.245 e. The Bertz CT molecular complexity index is 384. The molecule has 0 aliphatic heterocycles. The third-order valence-corrected chi connectivity index (χ3v) is 1.91. The number of nitrogens with zero attached hydrogens (tertiary/aromatic N) is 1. The van der Waals surface area contributed by atoms with Gasteiger partial charge in [0.2, 0.25) is 0 Å². The molecule has 0 bridgehead atoms. The summed E-state index contributed by atoms with van der Waals surface area (Å²) < 4.78 is 0.899. The lowest BCUT2D eigenvalue weighted by molar-refractivity contribution is 1.37. The van der Waals surface area contributed by atoms with Crippen LogP contribution < -0.4 is 0 Å². The fraction of sp³-hybridized carbons (Fsp3) is 0. The van der Waals surface area contributed by atoms with Crippen LogP contribution in [0.5, 0.6) is 0 Å². The predicted octanol–water partition coefficient (Wildman–Crippen LogP) is 2.80. The Labute approximate surface area is 73.2 Å². The summed E-state index contributed by atoms with van der Waals surface area (Å²) in [4.78, 5) is 4.11. The van der Waals surface area contributed by atoms with Crippen molar-refractivity contribution in [3.05, 3.63) is 41.0 Å². The summed E-state index contributed by atoms with van der Waals surface area (Å²) >= 11 is 3.31. The van der Waals surface area contributed by atoms with Crippen LogP contribution in [0.15, 0.2) is 34.8 Å². The number of benzene rings is 1. The molecule has 0 atom stereocenters. The molecule has 11 heavy (non-hydrogen) atoms. The van der Waals surface area contributed by atoms with Crippen LogP contribution >= 0.6 is 15.9 Å². The van der Waals surface area contributed by atoms with E-state index in [2.05, 4.69) is 27.1 Å². The summed E-state index contributed by atoms with van der Waals surface area (Å²) in [6.45, 7) is 0. The average molecular weight is 207 g/mol. The summed E-state index contributed by atoms with van der Waals surface area (Å²) in [5, 5.41) is 1.14. The molecule has 0 N–H and O–H groups in total. The van der Waals surface area contributed by atoms with E-state index in [1.165, 1.54) is 0 Å². The van der Waals surface area contributed by atoms with E-state index in [4.69, 9.17) is 0 Å². The molecule has 0 unspecified atom stereocenters. The van der Waals surface area contributed by atoms with Crippen LogP contribution in [0, 0.1) is 6.20 Å². The van der Waals surface area contributed by atoms with Gasteiger partial charge in [-0.25, -0.2) is 4.98 Å². The fourth-order valence-corrected chi connectivity index (χ4v) is 1.33. The third-order valence-electron chi connectivity index (χ3n) is 1.50. The van der Waals surface area contributed by atoms with E-state index < -0.39 is 0 Å². The summed E-state index contributed by atoms with van der Waals surface area (Å²) in [6.07, 6.45) is 2.84. The number of hydrogen-bond donors (Lipinski definition) is 0. The van der Waals surface area contributed by atoms with Gasteiger partial charge in [0.15, 0.2) is 0 Å². The van der Waals surface area contributed by atoms with Crippen molar-refractivity contribution in [2.45, 2.75) is 0 Å². The molecule has 0 saturated carbocycles. The zero-order valence-corrected chi connectivity index (χ0v) is 7.30. The maximum Gasteiger partial charge on any atom is 0.105 e. The second-order valence-electron chi connectivity index (χ2n) is 2.27. The highest BCUT2D eigenvalue weighted by Crippen LogP contribution is 2.15. The van der Waals surface area contributed by atoms with Gasteiger partial charge in [-0.3, -0.25) is 0 Å². The second kappa shape index (κ2) is 2.62. The van der Waals surface area contributed by atoms with Crippen molar-refractivity contribution >= 4 is 26.8 Å². The Morgan fingerprint density at radius 1 is 1.27 bits per heavy atom. The van der Waals surface area contributed by atoms with Crippen LogP contribution in [0.25, 0.3) is 10.9 Å². The second-order valence-corrected chi connectivity index (χ2v) is 3.13. The lowest BCUT2D eigenvalue weighted by atomic mass is 10.2. The van der Waals surface area contributed by atoms with Crippen molar-refractivity contribution in [3.8, 4) is 0 Å². The molecule has 1 aromatic carbocycles. The van der Waals surface area contributed by atoms with Crippen molar-refractivity contribution < 1.29 is 0 Å². The van der Waals surface area contributed by atoms with Gasteiger partial charge in [0, 0.05) is 9.86 Å². The summed E-state index contributed by atoms with van der Waals surface area (Å²) in [7, 11) is 0. The maximum atomic E-state index is 4.11. The molecule has 2 rings (SSSR count). The molecular formula is C9H5BrN. The van der Waals surface area contributed by atoms with E-state index in [1.807, 2.05) is 30.3 Å². The zero-order valence-electron chi connectivity index (χ0n) is 5.71. The van der Waals surface area contributed by atoms with Crippen LogP contribution in [-0.2, 0) is 0 Å². The van der Waals surface area contributed by atoms with Crippen molar-refractivity contribution in [1.29, 1.82) is 0 Å². The van der Waals surface area contributed by atoms with Gasteiger partial charge in [0.1, 0.15) is 6.20 Å². The van der Waals surface area contributed by atoms with Crippen LogP contribution in [0.4, 0.5) is 0 Å². The van der Waals surface area contributed by atoms with Gasteiger partial charge in [-0.2, -0.15) is 0 Å². The van der Waals surface area contributed by atoms with Crippen molar-refractivity contribution in [3.63, 3.8) is 0 Å². The van der Waals surface area contributed by atoms with Gasteiger partial charge in [0.05, 0.1) is 5.52 Å². The Morgan fingerprint density at radius 3 is 3.00 bits per heavy atom. The lowest BCUT2D eigenvalue weighted by Crippen LogP contribution is -1.76. The molecule has 2 aromatic rings. The van der Waals surface area contributed by atoms with Crippen molar-refractivity contribution in [2.75, 3.05) is 0 Å². The monoisotopic (exact) mass is 206 g/mol. The highest BCUT2D eigenvalue weighted by atomic mass is 79.9. The average Bonchev–Trinajstić information content (AvgIpc) is 2.04. The molecule has 53 valence electrons. The minimum atomic E-state index is 0.899. The molecule has 1 aromatic heterocycles. The Morgan fingerprint density at radius 2 is 2.09 bits per heavy atom. The van der Waals surface area contributed by atoms with E-state index in [0.29, 0.717) is 0 Å². The molecule has 1 heterocycles. The zero-order chi connectivity index (χ0) is 7.68. The van der Waals surface area contributed by atoms with E-state index in [-0.39, 0.29) is 0 Å². The van der Waals surface area contributed by atoms with Gasteiger partial charge in [-0.05, 0) is 28.1 Å². The first kappa shape index (κ1) is 6.80. The standard InChI is InChI=1S/C9H5BrN/c10-8-5-7-3-1-2-4-9(7)11-6-8/h1-5H. The van der Waals surface area contributed by atoms with Crippen LogP contribution in [0.3, 0.4) is 0 Å². The molecule has 0 fully saturated rings. The van der Waals surface area contributed by atoms with Gasteiger partial charge < -0.3 is 0 Å². The largest absolute Gasteiger partial charge is 0.245 e. The summed E-state index contributed by atoms with van der Waals surface area (Å²) in [5.74, 6) is 0. The molecule has 1 nitrogen and oxygen atoms in total. The number of rotatable bonds is 0. The Hall–Kier alpha value is -0.890. The van der Waals surface area contributed by atoms with Gasteiger partial charge in [-0.15, -0.1) is 0 Å². The first-order chi connectivity index (χ1) is 5.36. The first-order valence-corrected chi connectivity index (χ1v) is 4.08. The third kappa shape index (κ3) is 1.26. The smallest absolute Gasteiger partial charge is 0.105 e. The van der Waals surface area contributed by atoms with E-state index in [1.54, 1.807) is 0 Å². The van der Waals surface area contributed by atoms with Crippen LogP contribution in [0.1, 0.15) is 0 Å². The number of para-hydroxylation sites is 1. The highest BCUT2D eigenvalue weighted by Gasteiger charge is 1.92. The van der Waals surface area contributed by atoms with Gasteiger partial charge >= 0.3 is 0 Å². The van der Waals surface area contributed by atoms with Gasteiger partial charge in [0.25, 0.3) is 0 Å². The van der Waals surface area contributed by atoms with E-state index in [9.17, 15) is 0 Å². The van der Waals surface area contributed by atoms with Crippen LogP contribution in [-0.4, -0.2) is 4.98 Å². The molecule has 2 heteroatoms. The van der Waals surface area contributed by atoms with Gasteiger partial charge in [-0.1, -0.05) is 18.2 Å². The quantitative estimate of drug-likeness (QED) is 0.647. The number of halogens is 1. The minimum absolute atomic E-state index is 0.899. The lowest BCUT2D eigenvalue weighted by Gasteiger charge is -1.94. The molecule has 1 radical (unpaired) electrons. The summed E-state index contributed by atoms with van der Waals surface area (Å²) in [5.41, 5.74) is 0.982. The number of aromatic nitrogens is 1. The normalized spacial score (nSPS) is 10.3. The number of pyridine rings is 1. The topological polar surface area (TPSA) is 12.9 Å². The molecule has 0 saturated heterocycles. The number of hydrogen-bond acceptors (Lipinski definition) is 1. The van der Waals surface area contributed by atoms with Crippen molar-refractivity contribution in [2.24, 2.45) is 0 Å². The van der Waals surface area contributed by atoms with Crippen molar-refractivity contribution in [1.82, 2.24) is 4.98 Å². The van der Waals surface area contributed by atoms with Crippen LogP contribution in [0.2, 0.25) is 0 Å². The predicted molar refractivity (Wildman–Crippen MR) is 48.3 cm³/mol. The molecular weight excluding hydrogens is 202 g/mol.